The summed E-state index contributed by atoms with van der Waals surface area (Å²) in [6.45, 7) is 2.92. The van der Waals surface area contributed by atoms with Gasteiger partial charge in [0.25, 0.3) is 5.91 Å². The summed E-state index contributed by atoms with van der Waals surface area (Å²) in [7, 11) is 0. The third kappa shape index (κ3) is 3.29. The molecule has 7 heteroatoms. The van der Waals surface area contributed by atoms with Crippen LogP contribution in [0.5, 0.6) is 0 Å². The number of amides is 1. The van der Waals surface area contributed by atoms with Gasteiger partial charge in [0.15, 0.2) is 5.82 Å². The maximum atomic E-state index is 13.0. The molecule has 3 aromatic rings. The van der Waals surface area contributed by atoms with Crippen molar-refractivity contribution >= 4 is 5.91 Å². The van der Waals surface area contributed by atoms with E-state index in [0.29, 0.717) is 24.3 Å². The van der Waals surface area contributed by atoms with Gasteiger partial charge in [-0.1, -0.05) is 30.3 Å². The molecule has 1 amide bonds. The van der Waals surface area contributed by atoms with Gasteiger partial charge < -0.3 is 9.47 Å². The van der Waals surface area contributed by atoms with E-state index in [0.717, 1.165) is 18.1 Å². The summed E-state index contributed by atoms with van der Waals surface area (Å²) < 4.78 is 2.13. The van der Waals surface area contributed by atoms with Gasteiger partial charge in [0.2, 0.25) is 0 Å². The van der Waals surface area contributed by atoms with Crippen LogP contribution in [-0.4, -0.2) is 37.1 Å². The SMILES string of the molecule is Cc1nnc2n1[C@H](Cc1ccccc1)CN(C(=O)c1ccc(C#N)nc1)C2. The molecule has 0 radical (unpaired) electrons. The van der Waals surface area contributed by atoms with Crippen molar-refractivity contribution in [1.29, 1.82) is 5.26 Å². The monoisotopic (exact) mass is 358 g/mol. The predicted octanol–water partition coefficient (Wildman–Crippen LogP) is 2.29. The summed E-state index contributed by atoms with van der Waals surface area (Å²) in [5, 5.41) is 17.3. The molecule has 0 spiro atoms. The van der Waals surface area contributed by atoms with Crippen molar-refractivity contribution in [3.05, 3.63) is 77.1 Å². The molecule has 1 aliphatic heterocycles. The van der Waals surface area contributed by atoms with Crippen LogP contribution < -0.4 is 0 Å². The first-order chi connectivity index (χ1) is 13.2. The van der Waals surface area contributed by atoms with Crippen LogP contribution in [0.3, 0.4) is 0 Å². The molecule has 1 atom stereocenters. The number of hydrogen-bond acceptors (Lipinski definition) is 5. The van der Waals surface area contributed by atoms with Crippen molar-refractivity contribution < 1.29 is 4.79 Å². The molecule has 27 heavy (non-hydrogen) atoms. The van der Waals surface area contributed by atoms with E-state index in [1.165, 1.54) is 11.8 Å². The van der Waals surface area contributed by atoms with E-state index in [9.17, 15) is 4.79 Å². The molecule has 1 aliphatic rings. The lowest BCUT2D eigenvalue weighted by atomic mass is 10.0. The Morgan fingerprint density at radius 2 is 2.04 bits per heavy atom. The predicted molar refractivity (Wildman–Crippen MR) is 97.6 cm³/mol. The van der Waals surface area contributed by atoms with Crippen molar-refractivity contribution in [2.75, 3.05) is 6.54 Å². The van der Waals surface area contributed by atoms with Crippen molar-refractivity contribution in [3.63, 3.8) is 0 Å². The van der Waals surface area contributed by atoms with Gasteiger partial charge in [0, 0.05) is 12.7 Å². The van der Waals surface area contributed by atoms with Gasteiger partial charge in [-0.3, -0.25) is 4.79 Å². The summed E-state index contributed by atoms with van der Waals surface area (Å²) in [5.41, 5.74) is 1.97. The molecule has 3 heterocycles. The Balaban J connectivity index is 1.62. The van der Waals surface area contributed by atoms with Gasteiger partial charge in [-0.15, -0.1) is 10.2 Å². The summed E-state index contributed by atoms with van der Waals surface area (Å²) in [4.78, 5) is 18.7. The fourth-order valence-corrected chi connectivity index (χ4v) is 3.53. The summed E-state index contributed by atoms with van der Waals surface area (Å²) in [6, 6.07) is 15.4. The Bertz CT molecular complexity index is 1000. The van der Waals surface area contributed by atoms with E-state index >= 15 is 0 Å². The highest BCUT2D eigenvalue weighted by Crippen LogP contribution is 2.26. The number of rotatable bonds is 3. The average molecular weight is 358 g/mol. The standard InChI is InChI=1S/C20H18N6O/c1-14-23-24-19-13-25(20(27)16-7-8-17(10-21)22-11-16)12-18(26(14)19)9-15-5-3-2-4-6-15/h2-8,11,18H,9,12-13H2,1H3/t18-/m1/s1. The van der Waals surface area contributed by atoms with E-state index in [1.807, 2.05) is 31.2 Å². The van der Waals surface area contributed by atoms with Gasteiger partial charge in [-0.05, 0) is 31.0 Å². The molecule has 0 N–H and O–H groups in total. The first-order valence-electron chi connectivity index (χ1n) is 8.75. The van der Waals surface area contributed by atoms with Crippen molar-refractivity contribution in [2.24, 2.45) is 0 Å². The maximum absolute atomic E-state index is 13.0. The van der Waals surface area contributed by atoms with Crippen LogP contribution >= 0.6 is 0 Å². The highest BCUT2D eigenvalue weighted by Gasteiger charge is 2.31. The highest BCUT2D eigenvalue weighted by atomic mass is 16.2. The first-order valence-corrected chi connectivity index (χ1v) is 8.75. The number of nitrogens with zero attached hydrogens (tertiary/aromatic N) is 6. The van der Waals surface area contributed by atoms with Gasteiger partial charge in [0.05, 0.1) is 18.2 Å². The highest BCUT2D eigenvalue weighted by molar-refractivity contribution is 5.94. The third-order valence-corrected chi connectivity index (χ3v) is 4.79. The maximum Gasteiger partial charge on any atom is 0.255 e. The molecule has 0 saturated heterocycles. The van der Waals surface area contributed by atoms with Crippen molar-refractivity contribution in [3.8, 4) is 6.07 Å². The van der Waals surface area contributed by atoms with Crippen LogP contribution in [0.25, 0.3) is 0 Å². The molecule has 0 saturated carbocycles. The Kier molecular flexibility index (Phi) is 4.38. The van der Waals surface area contributed by atoms with Crippen LogP contribution in [0.15, 0.2) is 48.7 Å². The molecule has 7 nitrogen and oxygen atoms in total. The number of carbonyl (C=O) groups is 1. The smallest absolute Gasteiger partial charge is 0.255 e. The second-order valence-electron chi connectivity index (χ2n) is 6.61. The minimum Gasteiger partial charge on any atom is -0.329 e. The Morgan fingerprint density at radius 3 is 2.74 bits per heavy atom. The zero-order chi connectivity index (χ0) is 18.8. The number of aromatic nitrogens is 4. The second-order valence-corrected chi connectivity index (χ2v) is 6.61. The van der Waals surface area contributed by atoms with Crippen molar-refractivity contribution in [1.82, 2.24) is 24.6 Å². The van der Waals surface area contributed by atoms with E-state index in [-0.39, 0.29) is 11.9 Å². The van der Waals surface area contributed by atoms with Crippen LogP contribution in [0, 0.1) is 18.3 Å². The largest absolute Gasteiger partial charge is 0.329 e. The van der Waals surface area contributed by atoms with Crippen LogP contribution in [0.4, 0.5) is 0 Å². The normalized spacial score (nSPS) is 15.9. The summed E-state index contributed by atoms with van der Waals surface area (Å²) in [5.74, 6) is 1.53. The molecule has 1 aromatic carbocycles. The zero-order valence-corrected chi connectivity index (χ0v) is 14.9. The van der Waals surface area contributed by atoms with E-state index in [1.54, 1.807) is 17.0 Å². The van der Waals surface area contributed by atoms with E-state index in [4.69, 9.17) is 5.26 Å². The number of fused-ring (bicyclic) bond motifs is 1. The fraction of sp³-hybridized carbons (Fsp3) is 0.250. The summed E-state index contributed by atoms with van der Waals surface area (Å²) >= 11 is 0. The lowest BCUT2D eigenvalue weighted by molar-refractivity contribution is 0.0671. The summed E-state index contributed by atoms with van der Waals surface area (Å²) in [6.07, 6.45) is 2.25. The third-order valence-electron chi connectivity index (χ3n) is 4.79. The van der Waals surface area contributed by atoms with Crippen LogP contribution in [0.1, 0.15) is 39.3 Å². The second kappa shape index (κ2) is 7.00. The minimum absolute atomic E-state index is 0.0708. The molecule has 0 fully saturated rings. The van der Waals surface area contributed by atoms with Gasteiger partial charge in [-0.25, -0.2) is 4.98 Å². The number of nitriles is 1. The molecular weight excluding hydrogens is 340 g/mol. The first kappa shape index (κ1) is 16.9. The topological polar surface area (TPSA) is 87.7 Å². The molecule has 134 valence electrons. The number of pyridine rings is 1. The van der Waals surface area contributed by atoms with Gasteiger partial charge in [0.1, 0.15) is 17.6 Å². The number of carbonyl (C=O) groups excluding carboxylic acids is 1. The number of hydrogen-bond donors (Lipinski definition) is 0. The lowest BCUT2D eigenvalue weighted by Gasteiger charge is -2.34. The lowest BCUT2D eigenvalue weighted by Crippen LogP contribution is -2.42. The molecule has 0 bridgehead atoms. The van der Waals surface area contributed by atoms with Crippen LogP contribution in [-0.2, 0) is 13.0 Å². The Hall–Kier alpha value is -3.53. The van der Waals surface area contributed by atoms with Crippen molar-refractivity contribution in [2.45, 2.75) is 25.9 Å². The molecule has 4 rings (SSSR count). The van der Waals surface area contributed by atoms with E-state index in [2.05, 4.69) is 31.9 Å². The van der Waals surface area contributed by atoms with Gasteiger partial charge in [-0.2, -0.15) is 5.26 Å². The number of aryl methyl sites for hydroxylation is 1. The van der Waals surface area contributed by atoms with Crippen LogP contribution in [0.2, 0.25) is 0 Å². The Labute approximate surface area is 156 Å². The average Bonchev–Trinajstić information content (AvgIpc) is 3.09. The molecule has 2 aromatic heterocycles. The zero-order valence-electron chi connectivity index (χ0n) is 14.9. The molecular formula is C20H18N6O. The van der Waals surface area contributed by atoms with Gasteiger partial charge >= 0.3 is 0 Å². The fourth-order valence-electron chi connectivity index (χ4n) is 3.53. The Morgan fingerprint density at radius 1 is 1.22 bits per heavy atom. The molecule has 0 unspecified atom stereocenters. The quantitative estimate of drug-likeness (QED) is 0.717. The minimum atomic E-state index is -0.114. The molecule has 0 aliphatic carbocycles. The van der Waals surface area contributed by atoms with E-state index < -0.39 is 0 Å². The number of benzene rings is 1.